The second kappa shape index (κ2) is 16.1. The number of hydrogen-bond acceptors (Lipinski definition) is 10. The molecule has 3 N–H and O–H groups in total. The average molecular weight is 692 g/mol. The number of fused-ring (bicyclic) bond motifs is 1. The summed E-state index contributed by atoms with van der Waals surface area (Å²) in [6.07, 6.45) is 1.47. The van der Waals surface area contributed by atoms with Crippen LogP contribution in [0.3, 0.4) is 0 Å². The molecule has 1 aliphatic heterocycles. The molecule has 2 aromatic heterocycles. The van der Waals surface area contributed by atoms with Gasteiger partial charge in [0.05, 0.1) is 30.4 Å². The Morgan fingerprint density at radius 1 is 1.21 bits per heavy atom. The van der Waals surface area contributed by atoms with Crippen molar-refractivity contribution in [1.82, 2.24) is 14.4 Å². The molecule has 0 spiro atoms. The maximum atomic E-state index is 14.3. The number of carbonyl (C=O) groups is 2. The molecule has 13 nitrogen and oxygen atoms in total. The van der Waals surface area contributed by atoms with Crippen molar-refractivity contribution >= 4 is 44.7 Å². The van der Waals surface area contributed by atoms with Crippen molar-refractivity contribution in [1.29, 1.82) is 0 Å². The maximum Gasteiger partial charge on any atom is 0.323 e. The summed E-state index contributed by atoms with van der Waals surface area (Å²) in [6.45, 7) is 9.33. The third-order valence-electron chi connectivity index (χ3n) is 8.18. The smallest absolute Gasteiger partial charge is 0.323 e. The summed E-state index contributed by atoms with van der Waals surface area (Å²) in [5.41, 5.74) is 1.55. The molecule has 3 aromatic rings. The van der Waals surface area contributed by atoms with Gasteiger partial charge in [0.15, 0.2) is 5.76 Å². The fraction of sp³-hybridized carbons (Fsp3) is 0.531. The van der Waals surface area contributed by atoms with Gasteiger partial charge in [-0.05, 0) is 76.6 Å². The van der Waals surface area contributed by atoms with Crippen LogP contribution in [0.15, 0.2) is 44.4 Å². The number of likely N-dealkylation sites (N-methyl/N-ethyl adjacent to an activating group) is 1. The number of rotatable bonds is 8. The molecular formula is C32H45N5O8S2. The van der Waals surface area contributed by atoms with Gasteiger partial charge in [0, 0.05) is 38.3 Å². The van der Waals surface area contributed by atoms with Gasteiger partial charge < -0.3 is 34.6 Å². The van der Waals surface area contributed by atoms with Crippen LogP contribution in [-0.2, 0) is 14.8 Å². The fourth-order valence-electron chi connectivity index (χ4n) is 5.32. The van der Waals surface area contributed by atoms with Gasteiger partial charge in [0.1, 0.15) is 21.3 Å². The lowest BCUT2D eigenvalue weighted by molar-refractivity contribution is -0.00832. The van der Waals surface area contributed by atoms with E-state index < -0.39 is 34.1 Å². The Balaban J connectivity index is 1.63. The first kappa shape index (κ1) is 36.3. The average Bonchev–Trinajstić information content (AvgIpc) is 3.69. The molecule has 258 valence electrons. The monoisotopic (exact) mass is 691 g/mol. The highest BCUT2D eigenvalue weighted by Gasteiger charge is 2.32. The number of thiophene rings is 1. The predicted molar refractivity (Wildman–Crippen MR) is 180 cm³/mol. The molecule has 15 heteroatoms. The lowest BCUT2D eigenvalue weighted by atomic mass is 10.0. The van der Waals surface area contributed by atoms with E-state index in [1.807, 2.05) is 13.8 Å². The number of nitrogens with one attached hydrogen (secondary N) is 2. The van der Waals surface area contributed by atoms with E-state index in [2.05, 4.69) is 15.8 Å². The number of hydrogen-bond donors (Lipinski definition) is 3. The number of anilines is 2. The van der Waals surface area contributed by atoms with Gasteiger partial charge in [0.2, 0.25) is 0 Å². The van der Waals surface area contributed by atoms with Gasteiger partial charge in [-0.2, -0.15) is 4.31 Å². The lowest BCUT2D eigenvalue weighted by Gasteiger charge is -2.35. The topological polar surface area (TPSA) is 164 Å². The standard InChI is InChI=1S/C32H45N5O8S2/c1-20-17-37(21(2)19-38)31(39)26-16-25(33-32(40)34-30-23(4)35-45-24(30)5)12-13-27(26)44-22(3)10-7-8-14-43-28(20)18-36(6)47(41,42)29-11-9-15-46-29/h9,11-13,15-16,20-22,28,38H,7-8,10,14,17-19H2,1-6H3,(H2,33,34,40)/t20-,21+,22-,28-/m0/s1. The molecule has 0 fully saturated rings. The number of urea groups is 1. The minimum atomic E-state index is -3.72. The van der Waals surface area contributed by atoms with Crippen LogP contribution in [0.2, 0.25) is 0 Å². The Morgan fingerprint density at radius 2 is 1.98 bits per heavy atom. The predicted octanol–water partition coefficient (Wildman–Crippen LogP) is 5.11. The van der Waals surface area contributed by atoms with Crippen LogP contribution >= 0.6 is 11.3 Å². The number of aromatic nitrogens is 1. The zero-order valence-electron chi connectivity index (χ0n) is 27.7. The normalized spacial score (nSPS) is 20.6. The van der Waals surface area contributed by atoms with Crippen molar-refractivity contribution in [2.45, 2.75) is 76.3 Å². The van der Waals surface area contributed by atoms with E-state index in [-0.39, 0.29) is 41.5 Å². The van der Waals surface area contributed by atoms with Crippen LogP contribution < -0.4 is 15.4 Å². The van der Waals surface area contributed by atoms with Crippen LogP contribution in [0.5, 0.6) is 5.75 Å². The van der Waals surface area contributed by atoms with Crippen LogP contribution in [0.1, 0.15) is 61.8 Å². The summed E-state index contributed by atoms with van der Waals surface area (Å²) in [6, 6.07) is 7.00. The SMILES string of the molecule is Cc1noc(C)c1NC(=O)Nc1ccc2c(c1)C(=O)N([C@H](C)CO)C[C@H](C)[C@H](CN(C)S(=O)(=O)c1cccs1)OCCCC[C@H](C)O2. The van der Waals surface area contributed by atoms with E-state index >= 15 is 0 Å². The minimum absolute atomic E-state index is 0.0847. The largest absolute Gasteiger partial charge is 0.490 e. The van der Waals surface area contributed by atoms with Crippen LogP contribution in [0.4, 0.5) is 16.2 Å². The van der Waals surface area contributed by atoms with Crippen molar-refractivity contribution in [2.24, 2.45) is 5.92 Å². The molecule has 0 saturated heterocycles. The fourth-order valence-corrected chi connectivity index (χ4v) is 7.70. The quantitative estimate of drug-likeness (QED) is 0.291. The summed E-state index contributed by atoms with van der Waals surface area (Å²) in [5.74, 6) is 0.0847. The van der Waals surface area contributed by atoms with Crippen molar-refractivity contribution in [3.05, 3.63) is 52.7 Å². The van der Waals surface area contributed by atoms with Gasteiger partial charge in [-0.1, -0.05) is 18.1 Å². The Labute approximate surface area is 280 Å². The van der Waals surface area contributed by atoms with Crippen molar-refractivity contribution < 1.29 is 37.1 Å². The van der Waals surface area contributed by atoms with Crippen molar-refractivity contribution in [2.75, 3.05) is 44.0 Å². The molecule has 4 rings (SSSR count). The van der Waals surface area contributed by atoms with Gasteiger partial charge in [-0.15, -0.1) is 11.3 Å². The first-order chi connectivity index (χ1) is 22.3. The summed E-state index contributed by atoms with van der Waals surface area (Å²) >= 11 is 1.15. The number of ether oxygens (including phenoxy) is 2. The number of aliphatic hydroxyl groups is 1. The van der Waals surface area contributed by atoms with E-state index in [1.54, 1.807) is 61.4 Å². The Bertz CT molecular complexity index is 1590. The molecule has 0 aliphatic carbocycles. The molecule has 0 unspecified atom stereocenters. The Hall–Kier alpha value is -3.50. The number of aliphatic hydroxyl groups excluding tert-OH is 1. The zero-order chi connectivity index (χ0) is 34.3. The van der Waals surface area contributed by atoms with Gasteiger partial charge in [-0.3, -0.25) is 4.79 Å². The summed E-state index contributed by atoms with van der Waals surface area (Å²) in [4.78, 5) is 28.8. The highest BCUT2D eigenvalue weighted by atomic mass is 32.2. The zero-order valence-corrected chi connectivity index (χ0v) is 29.3. The second-order valence-electron chi connectivity index (χ2n) is 12.0. The molecule has 1 aliphatic rings. The summed E-state index contributed by atoms with van der Waals surface area (Å²) < 4.78 is 45.7. The maximum absolute atomic E-state index is 14.3. The van der Waals surface area contributed by atoms with Crippen molar-refractivity contribution in [3.63, 3.8) is 0 Å². The Kier molecular flexibility index (Phi) is 12.4. The molecule has 3 amide bonds. The first-order valence-electron chi connectivity index (χ1n) is 15.7. The molecule has 0 saturated carbocycles. The van der Waals surface area contributed by atoms with E-state index in [1.165, 1.54) is 11.4 Å². The highest BCUT2D eigenvalue weighted by molar-refractivity contribution is 7.91. The number of amides is 3. The van der Waals surface area contributed by atoms with E-state index in [9.17, 15) is 23.1 Å². The third kappa shape index (κ3) is 9.11. The van der Waals surface area contributed by atoms with Crippen LogP contribution in [0.25, 0.3) is 0 Å². The van der Waals surface area contributed by atoms with E-state index in [4.69, 9.17) is 14.0 Å². The summed E-state index contributed by atoms with van der Waals surface area (Å²) in [7, 11) is -2.19. The summed E-state index contributed by atoms with van der Waals surface area (Å²) in [5, 5.41) is 21.3. The van der Waals surface area contributed by atoms with Crippen molar-refractivity contribution in [3.8, 4) is 5.75 Å². The molecule has 3 heterocycles. The number of nitrogens with zero attached hydrogens (tertiary/aromatic N) is 3. The van der Waals surface area contributed by atoms with Crippen LogP contribution in [-0.4, -0.2) is 91.4 Å². The van der Waals surface area contributed by atoms with E-state index in [0.29, 0.717) is 41.6 Å². The highest BCUT2D eigenvalue weighted by Crippen LogP contribution is 2.29. The van der Waals surface area contributed by atoms with Crippen LogP contribution in [0, 0.1) is 19.8 Å². The number of sulfonamides is 1. The minimum Gasteiger partial charge on any atom is -0.490 e. The molecule has 47 heavy (non-hydrogen) atoms. The van der Waals surface area contributed by atoms with Gasteiger partial charge in [-0.25, -0.2) is 13.2 Å². The first-order valence-corrected chi connectivity index (χ1v) is 18.0. The van der Waals surface area contributed by atoms with E-state index in [0.717, 1.165) is 24.2 Å². The number of aryl methyl sites for hydroxylation is 2. The number of benzene rings is 1. The molecular weight excluding hydrogens is 647 g/mol. The third-order valence-corrected chi connectivity index (χ3v) is 11.4. The van der Waals surface area contributed by atoms with Gasteiger partial charge >= 0.3 is 6.03 Å². The second-order valence-corrected chi connectivity index (χ2v) is 15.2. The van der Waals surface area contributed by atoms with Gasteiger partial charge in [0.25, 0.3) is 15.9 Å². The molecule has 0 radical (unpaired) electrons. The lowest BCUT2D eigenvalue weighted by Crippen LogP contribution is -2.48. The molecule has 4 atom stereocenters. The Morgan fingerprint density at radius 3 is 2.64 bits per heavy atom. The number of carbonyl (C=O) groups excluding carboxylic acids is 2. The molecule has 0 bridgehead atoms. The molecule has 1 aromatic carbocycles.